The van der Waals surface area contributed by atoms with Gasteiger partial charge in [0.2, 0.25) is 0 Å². The van der Waals surface area contributed by atoms with Gasteiger partial charge in [-0.3, -0.25) is 18.6 Å². The number of phosphoric ester groups is 1. The summed E-state index contributed by atoms with van der Waals surface area (Å²) in [4.78, 5) is 35.3. The molecule has 0 aliphatic carbocycles. The summed E-state index contributed by atoms with van der Waals surface area (Å²) in [5, 5.41) is 0. The lowest BCUT2D eigenvalue weighted by molar-refractivity contribution is -0.870. The van der Waals surface area contributed by atoms with Crippen molar-refractivity contribution in [3.63, 3.8) is 0 Å². The molecule has 0 heterocycles. The first kappa shape index (κ1) is 53.5. The highest BCUT2D eigenvalue weighted by atomic mass is 31.2. The fraction of sp³-hybridized carbons (Fsp3) is 0.696. The first-order valence-corrected chi connectivity index (χ1v) is 23.1. The Balaban J connectivity index is 4.46. The molecule has 0 aromatic heterocycles. The van der Waals surface area contributed by atoms with Crippen molar-refractivity contribution in [1.29, 1.82) is 0 Å². The van der Waals surface area contributed by atoms with Crippen molar-refractivity contribution < 1.29 is 42.1 Å². The largest absolute Gasteiger partial charge is 0.472 e. The zero-order valence-electron chi connectivity index (χ0n) is 35.9. The van der Waals surface area contributed by atoms with Crippen LogP contribution in [-0.4, -0.2) is 74.9 Å². The Kier molecular flexibility index (Phi) is 36.3. The van der Waals surface area contributed by atoms with E-state index >= 15 is 0 Å². The van der Waals surface area contributed by atoms with Crippen LogP contribution in [0, 0.1) is 0 Å². The van der Waals surface area contributed by atoms with Gasteiger partial charge in [0.05, 0.1) is 27.7 Å². The number of unbranched alkanes of at least 4 members (excludes halogenated alkanes) is 14. The number of rotatable bonds is 39. The average molecular weight is 807 g/mol. The lowest BCUT2D eigenvalue weighted by atomic mass is 10.0. The number of phosphoric acid groups is 1. The minimum absolute atomic E-state index is 0.0192. The van der Waals surface area contributed by atoms with E-state index in [1.165, 1.54) is 57.8 Å². The molecule has 0 aliphatic heterocycles. The molecule has 2 atom stereocenters. The van der Waals surface area contributed by atoms with Crippen LogP contribution < -0.4 is 0 Å². The summed E-state index contributed by atoms with van der Waals surface area (Å²) in [7, 11) is 1.43. The number of quaternary nitrogens is 1. The van der Waals surface area contributed by atoms with E-state index in [0.29, 0.717) is 23.9 Å². The topological polar surface area (TPSA) is 108 Å². The lowest BCUT2D eigenvalue weighted by Crippen LogP contribution is -2.37. The quantitative estimate of drug-likeness (QED) is 0.0215. The third kappa shape index (κ3) is 41.1. The summed E-state index contributed by atoms with van der Waals surface area (Å²) >= 11 is 0. The first-order valence-electron chi connectivity index (χ1n) is 21.6. The van der Waals surface area contributed by atoms with Crippen LogP contribution in [0.15, 0.2) is 73.4 Å². The van der Waals surface area contributed by atoms with Gasteiger partial charge in [-0.15, -0.1) is 6.58 Å². The van der Waals surface area contributed by atoms with Crippen molar-refractivity contribution in [3.05, 3.63) is 73.4 Å². The van der Waals surface area contributed by atoms with Crippen LogP contribution in [0.4, 0.5) is 0 Å². The van der Waals surface area contributed by atoms with Crippen LogP contribution in [0.2, 0.25) is 0 Å². The van der Waals surface area contributed by atoms with Gasteiger partial charge in [-0.1, -0.05) is 144 Å². The van der Waals surface area contributed by atoms with Crippen LogP contribution in [0.25, 0.3) is 0 Å². The molecule has 0 aliphatic rings. The Labute approximate surface area is 342 Å². The second-order valence-corrected chi connectivity index (χ2v) is 16.9. The highest BCUT2D eigenvalue weighted by molar-refractivity contribution is 7.47. The zero-order valence-corrected chi connectivity index (χ0v) is 36.8. The van der Waals surface area contributed by atoms with E-state index < -0.39 is 32.5 Å². The predicted octanol–water partition coefficient (Wildman–Crippen LogP) is 12.2. The van der Waals surface area contributed by atoms with Crippen molar-refractivity contribution >= 4 is 19.8 Å². The Morgan fingerprint density at radius 1 is 0.607 bits per heavy atom. The number of ether oxygens (including phenoxy) is 2. The number of esters is 2. The van der Waals surface area contributed by atoms with E-state index in [0.717, 1.165) is 64.2 Å². The minimum Gasteiger partial charge on any atom is -0.462 e. The second kappa shape index (κ2) is 38.0. The van der Waals surface area contributed by atoms with Gasteiger partial charge in [-0.2, -0.15) is 0 Å². The molecule has 322 valence electrons. The summed E-state index contributed by atoms with van der Waals surface area (Å²) in [6.45, 7) is 5.75. The van der Waals surface area contributed by atoms with Gasteiger partial charge < -0.3 is 18.9 Å². The molecule has 9 nitrogen and oxygen atoms in total. The maximum atomic E-state index is 12.7. The summed E-state index contributed by atoms with van der Waals surface area (Å²) in [5.41, 5.74) is 0. The SMILES string of the molecule is C=CCCCCCCCCCCCCCCCC(=O)O[C@H](COC(=O)CCC/C=C/C/C=C/C/C=C/C/C=C/C/C=C/CC)COP(=O)(O)OCC[N+](C)(C)C. The normalized spacial score (nSPS) is 14.1. The molecule has 0 bridgehead atoms. The van der Waals surface area contributed by atoms with Gasteiger partial charge in [0.25, 0.3) is 0 Å². The van der Waals surface area contributed by atoms with Gasteiger partial charge >= 0.3 is 19.8 Å². The van der Waals surface area contributed by atoms with E-state index in [1.807, 2.05) is 27.2 Å². The standard InChI is InChI=1S/C46H80NO8P/c1-6-8-10-12-14-16-18-20-22-23-25-26-28-30-32-34-36-38-45(48)52-42-44(43-54-56(50,51)53-41-40-47(3,4)5)55-46(49)39-37-35-33-31-29-27-24-21-19-17-15-13-11-9-7-2/h7-8,10,14,16,20,22,25-26,30,32,44H,2,6,9,11-13,15,17-19,21,23-24,27-29,31,33-43H2,1,3-5H3/p+1/b10-8+,16-14+,22-20+,26-25+,32-30+/t44-/m1/s1. The van der Waals surface area contributed by atoms with Crippen molar-refractivity contribution in [1.82, 2.24) is 0 Å². The number of allylic oxidation sites excluding steroid dienone is 11. The molecule has 0 radical (unpaired) electrons. The maximum Gasteiger partial charge on any atom is 0.472 e. The van der Waals surface area contributed by atoms with Crippen molar-refractivity contribution in [2.24, 2.45) is 0 Å². The number of likely N-dealkylation sites (N-methyl/N-ethyl adjacent to an activating group) is 1. The second-order valence-electron chi connectivity index (χ2n) is 15.4. The van der Waals surface area contributed by atoms with E-state index in [-0.39, 0.29) is 26.1 Å². The van der Waals surface area contributed by atoms with E-state index in [1.54, 1.807) is 0 Å². The molecule has 1 unspecified atom stereocenters. The average Bonchev–Trinajstić information content (AvgIpc) is 3.15. The molecule has 0 spiro atoms. The van der Waals surface area contributed by atoms with Crippen LogP contribution in [0.3, 0.4) is 0 Å². The van der Waals surface area contributed by atoms with Crippen molar-refractivity contribution in [2.45, 2.75) is 161 Å². The summed E-state index contributed by atoms with van der Waals surface area (Å²) < 4.78 is 34.2. The van der Waals surface area contributed by atoms with E-state index in [2.05, 4.69) is 74.3 Å². The molecule has 0 amide bonds. The Morgan fingerprint density at radius 2 is 1.07 bits per heavy atom. The van der Waals surface area contributed by atoms with Crippen LogP contribution in [0.1, 0.15) is 155 Å². The monoisotopic (exact) mass is 807 g/mol. The number of carbonyl (C=O) groups excluding carboxylic acids is 2. The molecule has 10 heteroatoms. The third-order valence-electron chi connectivity index (χ3n) is 8.87. The van der Waals surface area contributed by atoms with Crippen molar-refractivity contribution in [2.75, 3.05) is 47.5 Å². The van der Waals surface area contributed by atoms with Crippen LogP contribution >= 0.6 is 7.82 Å². The third-order valence-corrected chi connectivity index (χ3v) is 9.85. The fourth-order valence-electron chi connectivity index (χ4n) is 5.50. The number of nitrogens with zero attached hydrogens (tertiary/aromatic N) is 1. The highest BCUT2D eigenvalue weighted by Gasteiger charge is 2.27. The molecule has 1 N–H and O–H groups in total. The molecule has 0 rings (SSSR count). The molecule has 56 heavy (non-hydrogen) atoms. The highest BCUT2D eigenvalue weighted by Crippen LogP contribution is 2.43. The first-order chi connectivity index (χ1) is 27.0. The van der Waals surface area contributed by atoms with Gasteiger partial charge in [0.1, 0.15) is 19.8 Å². The van der Waals surface area contributed by atoms with Gasteiger partial charge in [-0.25, -0.2) is 4.57 Å². The lowest BCUT2D eigenvalue weighted by Gasteiger charge is -2.24. The summed E-state index contributed by atoms with van der Waals surface area (Å²) in [6.07, 6.45) is 45.6. The molecule has 0 aromatic rings. The molecule has 0 fully saturated rings. The molecule has 0 saturated carbocycles. The molecule has 0 saturated heterocycles. The zero-order chi connectivity index (χ0) is 41.4. The van der Waals surface area contributed by atoms with Gasteiger partial charge in [0.15, 0.2) is 6.10 Å². The van der Waals surface area contributed by atoms with E-state index in [9.17, 15) is 19.0 Å². The Morgan fingerprint density at radius 3 is 1.57 bits per heavy atom. The van der Waals surface area contributed by atoms with Gasteiger partial charge in [-0.05, 0) is 64.2 Å². The summed E-state index contributed by atoms with van der Waals surface area (Å²) in [6, 6.07) is 0. The minimum atomic E-state index is -4.39. The molecular formula is C46H81NO8P+. The fourth-order valence-corrected chi connectivity index (χ4v) is 6.24. The van der Waals surface area contributed by atoms with Crippen LogP contribution in [-0.2, 0) is 32.7 Å². The summed E-state index contributed by atoms with van der Waals surface area (Å²) in [5.74, 6) is -0.875. The van der Waals surface area contributed by atoms with Gasteiger partial charge in [0, 0.05) is 12.8 Å². The number of hydrogen-bond donors (Lipinski definition) is 1. The van der Waals surface area contributed by atoms with Crippen molar-refractivity contribution in [3.8, 4) is 0 Å². The smallest absolute Gasteiger partial charge is 0.462 e. The predicted molar refractivity (Wildman–Crippen MR) is 233 cm³/mol. The molecular weight excluding hydrogens is 725 g/mol. The Bertz CT molecular complexity index is 1170. The van der Waals surface area contributed by atoms with Crippen LogP contribution in [0.5, 0.6) is 0 Å². The Hall–Kier alpha value is -2.55. The molecule has 0 aromatic carbocycles. The number of hydrogen-bond acceptors (Lipinski definition) is 7. The maximum absolute atomic E-state index is 12.7. The number of carbonyl (C=O) groups is 2. The van der Waals surface area contributed by atoms with E-state index in [4.69, 9.17) is 18.5 Å².